The van der Waals surface area contributed by atoms with Gasteiger partial charge in [-0.3, -0.25) is 14.9 Å². The molecule has 0 aliphatic heterocycles. The average molecular weight is 264 g/mol. The standard InChI is InChI=1S/C11H12N4O4/c1-2-7(16)5-6-12-8-3-4-9(15(17)18)11-10(8)13-19-14-11/h3-4,12H,2,5-6H2,1H3. The van der Waals surface area contributed by atoms with Gasteiger partial charge in [-0.15, -0.1) is 0 Å². The van der Waals surface area contributed by atoms with Gasteiger partial charge in [-0.05, 0) is 16.4 Å². The molecule has 1 N–H and O–H groups in total. The van der Waals surface area contributed by atoms with Crippen molar-refractivity contribution in [1.82, 2.24) is 10.3 Å². The van der Waals surface area contributed by atoms with Crippen LogP contribution in [-0.4, -0.2) is 27.6 Å². The van der Waals surface area contributed by atoms with E-state index >= 15 is 0 Å². The molecule has 0 unspecified atom stereocenters. The van der Waals surface area contributed by atoms with Gasteiger partial charge < -0.3 is 5.32 Å². The van der Waals surface area contributed by atoms with Gasteiger partial charge in [0.25, 0.3) is 0 Å². The Bertz CT molecular complexity index is 622. The minimum Gasteiger partial charge on any atom is -0.383 e. The summed E-state index contributed by atoms with van der Waals surface area (Å²) in [5, 5.41) is 21.0. The van der Waals surface area contributed by atoms with Crippen LogP contribution in [-0.2, 0) is 4.79 Å². The third kappa shape index (κ3) is 2.67. The van der Waals surface area contributed by atoms with Crippen molar-refractivity contribution in [3.05, 3.63) is 22.2 Å². The molecule has 8 heteroatoms. The molecule has 19 heavy (non-hydrogen) atoms. The number of anilines is 1. The number of ketones is 1. The predicted octanol–water partition coefficient (Wildman–Crippen LogP) is 1.91. The molecule has 2 rings (SSSR count). The van der Waals surface area contributed by atoms with Crippen LogP contribution in [0.2, 0.25) is 0 Å². The van der Waals surface area contributed by atoms with E-state index in [-0.39, 0.29) is 22.5 Å². The number of carbonyl (C=O) groups excluding carboxylic acids is 1. The van der Waals surface area contributed by atoms with Gasteiger partial charge in [0.2, 0.25) is 5.52 Å². The lowest BCUT2D eigenvalue weighted by molar-refractivity contribution is -0.383. The van der Waals surface area contributed by atoms with Crippen molar-refractivity contribution in [3.8, 4) is 0 Å². The Morgan fingerprint density at radius 2 is 2.16 bits per heavy atom. The molecular weight excluding hydrogens is 252 g/mol. The number of non-ortho nitro benzene ring substituents is 1. The lowest BCUT2D eigenvalue weighted by atomic mass is 10.2. The van der Waals surface area contributed by atoms with E-state index in [1.807, 2.05) is 0 Å². The van der Waals surface area contributed by atoms with Crippen LogP contribution in [0, 0.1) is 10.1 Å². The van der Waals surface area contributed by atoms with E-state index < -0.39 is 4.92 Å². The lowest BCUT2D eigenvalue weighted by Gasteiger charge is -2.05. The molecule has 8 nitrogen and oxygen atoms in total. The number of aromatic nitrogens is 2. The average Bonchev–Trinajstić information content (AvgIpc) is 2.87. The second-order valence-corrected chi connectivity index (χ2v) is 3.92. The molecule has 1 aromatic carbocycles. The SMILES string of the molecule is CCC(=O)CCNc1ccc([N+](=O)[O-])c2nonc12. The van der Waals surface area contributed by atoms with Crippen LogP contribution in [0.15, 0.2) is 16.8 Å². The minimum atomic E-state index is -0.545. The van der Waals surface area contributed by atoms with E-state index in [0.717, 1.165) is 0 Å². The Kier molecular flexibility index (Phi) is 3.69. The van der Waals surface area contributed by atoms with Gasteiger partial charge in [0.1, 0.15) is 5.78 Å². The van der Waals surface area contributed by atoms with Crippen LogP contribution >= 0.6 is 0 Å². The van der Waals surface area contributed by atoms with Gasteiger partial charge >= 0.3 is 5.69 Å². The van der Waals surface area contributed by atoms with Crippen LogP contribution in [0.5, 0.6) is 0 Å². The van der Waals surface area contributed by atoms with E-state index in [0.29, 0.717) is 25.1 Å². The summed E-state index contributed by atoms with van der Waals surface area (Å²) >= 11 is 0. The van der Waals surface area contributed by atoms with Crippen molar-refractivity contribution in [3.63, 3.8) is 0 Å². The van der Waals surface area contributed by atoms with Gasteiger partial charge in [-0.25, -0.2) is 4.63 Å². The molecule has 0 saturated carbocycles. The Balaban J connectivity index is 2.21. The Labute approximate surface area is 107 Å². The maximum absolute atomic E-state index is 11.2. The third-order valence-electron chi connectivity index (χ3n) is 2.70. The molecule has 0 aliphatic carbocycles. The fourth-order valence-corrected chi connectivity index (χ4v) is 1.66. The van der Waals surface area contributed by atoms with Crippen LogP contribution in [0.3, 0.4) is 0 Å². The van der Waals surface area contributed by atoms with E-state index in [2.05, 4.69) is 20.3 Å². The first-order valence-corrected chi connectivity index (χ1v) is 5.78. The highest BCUT2D eigenvalue weighted by atomic mass is 16.6. The number of fused-ring (bicyclic) bond motifs is 1. The topological polar surface area (TPSA) is 111 Å². The molecule has 2 aromatic rings. The monoisotopic (exact) mass is 264 g/mol. The van der Waals surface area contributed by atoms with Gasteiger partial charge in [0.05, 0.1) is 10.6 Å². The quantitative estimate of drug-likeness (QED) is 0.626. The summed E-state index contributed by atoms with van der Waals surface area (Å²) in [5.41, 5.74) is 0.784. The molecule has 0 bridgehead atoms. The zero-order valence-corrected chi connectivity index (χ0v) is 10.3. The highest BCUT2D eigenvalue weighted by Crippen LogP contribution is 2.28. The number of nitro benzene ring substituents is 1. The molecule has 0 radical (unpaired) electrons. The first-order chi connectivity index (χ1) is 9.13. The summed E-state index contributed by atoms with van der Waals surface area (Å²) in [4.78, 5) is 21.4. The summed E-state index contributed by atoms with van der Waals surface area (Å²) in [5.74, 6) is 0.143. The summed E-state index contributed by atoms with van der Waals surface area (Å²) in [7, 11) is 0. The predicted molar refractivity (Wildman–Crippen MR) is 66.9 cm³/mol. The van der Waals surface area contributed by atoms with Crippen LogP contribution in [0.4, 0.5) is 11.4 Å². The van der Waals surface area contributed by atoms with Gasteiger partial charge in [0.15, 0.2) is 5.52 Å². The second-order valence-electron chi connectivity index (χ2n) is 3.92. The first kappa shape index (κ1) is 12.9. The van der Waals surface area contributed by atoms with Crippen LogP contribution in [0.25, 0.3) is 11.0 Å². The number of rotatable bonds is 6. The summed E-state index contributed by atoms with van der Waals surface area (Å²) < 4.78 is 4.53. The number of hydrogen-bond donors (Lipinski definition) is 1. The van der Waals surface area contributed by atoms with E-state index in [4.69, 9.17) is 0 Å². The van der Waals surface area contributed by atoms with E-state index in [1.54, 1.807) is 6.92 Å². The Morgan fingerprint density at radius 1 is 1.42 bits per heavy atom. The van der Waals surface area contributed by atoms with Crippen molar-refractivity contribution < 1.29 is 14.3 Å². The molecule has 0 saturated heterocycles. The molecule has 0 aliphatic rings. The smallest absolute Gasteiger partial charge is 0.300 e. The lowest BCUT2D eigenvalue weighted by Crippen LogP contribution is -2.08. The number of carbonyl (C=O) groups is 1. The summed E-state index contributed by atoms with van der Waals surface area (Å²) in [6, 6.07) is 2.86. The number of nitro groups is 1. The molecule has 1 heterocycles. The van der Waals surface area contributed by atoms with E-state index in [1.165, 1.54) is 12.1 Å². The molecule has 0 atom stereocenters. The molecule has 0 fully saturated rings. The fourth-order valence-electron chi connectivity index (χ4n) is 1.66. The number of hydrogen-bond acceptors (Lipinski definition) is 7. The normalized spacial score (nSPS) is 10.6. The summed E-state index contributed by atoms with van der Waals surface area (Å²) in [6.07, 6.45) is 0.878. The van der Waals surface area contributed by atoms with Gasteiger partial charge in [-0.1, -0.05) is 6.92 Å². The zero-order valence-electron chi connectivity index (χ0n) is 10.3. The number of nitrogens with one attached hydrogen (secondary N) is 1. The molecule has 100 valence electrons. The first-order valence-electron chi connectivity index (χ1n) is 5.78. The Morgan fingerprint density at radius 3 is 2.84 bits per heavy atom. The van der Waals surface area contributed by atoms with Crippen LogP contribution in [0.1, 0.15) is 19.8 Å². The van der Waals surface area contributed by atoms with Crippen LogP contribution < -0.4 is 5.32 Å². The van der Waals surface area contributed by atoms with Gasteiger partial charge in [-0.2, -0.15) is 0 Å². The minimum absolute atomic E-state index is 0.0943. The number of benzene rings is 1. The van der Waals surface area contributed by atoms with Crippen molar-refractivity contribution >= 4 is 28.2 Å². The van der Waals surface area contributed by atoms with Crippen molar-refractivity contribution in [2.45, 2.75) is 19.8 Å². The molecular formula is C11H12N4O4. The third-order valence-corrected chi connectivity index (χ3v) is 2.70. The number of nitrogens with zero attached hydrogens (tertiary/aromatic N) is 3. The highest BCUT2D eigenvalue weighted by Gasteiger charge is 2.19. The molecule has 0 spiro atoms. The Hall–Kier alpha value is -2.51. The molecule has 0 amide bonds. The molecule has 1 aromatic heterocycles. The fraction of sp³-hybridized carbons (Fsp3) is 0.364. The maximum Gasteiger partial charge on any atom is 0.300 e. The van der Waals surface area contributed by atoms with Crippen molar-refractivity contribution in [1.29, 1.82) is 0 Å². The van der Waals surface area contributed by atoms with E-state index in [9.17, 15) is 14.9 Å². The van der Waals surface area contributed by atoms with Gasteiger partial charge in [0, 0.05) is 25.5 Å². The zero-order chi connectivity index (χ0) is 13.8. The second kappa shape index (κ2) is 5.42. The highest BCUT2D eigenvalue weighted by molar-refractivity contribution is 5.93. The maximum atomic E-state index is 11.2. The van der Waals surface area contributed by atoms with Crippen molar-refractivity contribution in [2.24, 2.45) is 0 Å². The number of Topliss-reactive ketones (excluding diaryl/α,β-unsaturated/α-hetero) is 1. The summed E-state index contributed by atoms with van der Waals surface area (Å²) in [6.45, 7) is 2.24. The van der Waals surface area contributed by atoms with Crippen molar-refractivity contribution in [2.75, 3.05) is 11.9 Å². The largest absolute Gasteiger partial charge is 0.383 e.